The molecule has 114 valence electrons. The van der Waals surface area contributed by atoms with Gasteiger partial charge in [0.15, 0.2) is 0 Å². The quantitative estimate of drug-likeness (QED) is 0.640. The number of anilines is 1. The van der Waals surface area contributed by atoms with Crippen LogP contribution in [0.2, 0.25) is 0 Å². The highest BCUT2D eigenvalue weighted by molar-refractivity contribution is 5.95. The maximum absolute atomic E-state index is 12.0. The Morgan fingerprint density at radius 3 is 2.24 bits per heavy atom. The highest BCUT2D eigenvalue weighted by Gasteiger charge is 2.26. The number of carbonyl (C=O) groups excluding carboxylic acids is 1. The van der Waals surface area contributed by atoms with Gasteiger partial charge in [-0.05, 0) is 25.5 Å². The number of nitrogens with zero attached hydrogens (tertiary/aromatic N) is 1. The van der Waals surface area contributed by atoms with E-state index in [1.807, 2.05) is 0 Å². The van der Waals surface area contributed by atoms with E-state index in [0.29, 0.717) is 16.8 Å². The molecular formula is C14H18N2O5. The zero-order valence-corrected chi connectivity index (χ0v) is 12.3. The van der Waals surface area contributed by atoms with E-state index in [1.54, 1.807) is 19.9 Å². The molecule has 0 aliphatic carbocycles. The van der Waals surface area contributed by atoms with Crippen LogP contribution in [-0.4, -0.2) is 21.9 Å². The van der Waals surface area contributed by atoms with Crippen molar-refractivity contribution in [2.45, 2.75) is 27.7 Å². The van der Waals surface area contributed by atoms with Crippen LogP contribution in [0.15, 0.2) is 12.1 Å². The van der Waals surface area contributed by atoms with E-state index in [9.17, 15) is 19.7 Å². The lowest BCUT2D eigenvalue weighted by Gasteiger charge is -2.17. The molecule has 2 atom stereocenters. The molecule has 0 aromatic heterocycles. The third kappa shape index (κ3) is 3.77. The van der Waals surface area contributed by atoms with E-state index in [0.717, 1.165) is 0 Å². The predicted octanol–water partition coefficient (Wildman–Crippen LogP) is 2.51. The number of aliphatic carboxylic acids is 1. The monoisotopic (exact) mass is 294 g/mol. The standard InChI is InChI=1S/C14H18N2O5/c1-7-5-8(2)12(16(20)21)6-11(7)15-13(17)9(3)10(4)14(18)19/h5-6,9-10H,1-4H3,(H,15,17)(H,18,19). The van der Waals surface area contributed by atoms with Gasteiger partial charge in [-0.3, -0.25) is 19.7 Å². The smallest absolute Gasteiger partial charge is 0.307 e. The van der Waals surface area contributed by atoms with Gasteiger partial charge in [0, 0.05) is 17.5 Å². The molecular weight excluding hydrogens is 276 g/mol. The summed E-state index contributed by atoms with van der Waals surface area (Å²) in [6.07, 6.45) is 0. The fraction of sp³-hybridized carbons (Fsp3) is 0.429. The van der Waals surface area contributed by atoms with E-state index < -0.39 is 28.6 Å². The van der Waals surface area contributed by atoms with Gasteiger partial charge in [-0.25, -0.2) is 0 Å². The Labute approximate surface area is 122 Å². The summed E-state index contributed by atoms with van der Waals surface area (Å²) in [5.41, 5.74) is 1.42. The number of aryl methyl sites for hydroxylation is 2. The van der Waals surface area contributed by atoms with E-state index in [4.69, 9.17) is 5.11 Å². The van der Waals surface area contributed by atoms with Gasteiger partial charge < -0.3 is 10.4 Å². The van der Waals surface area contributed by atoms with Crippen LogP contribution < -0.4 is 5.32 Å². The van der Waals surface area contributed by atoms with Crippen molar-refractivity contribution < 1.29 is 19.6 Å². The van der Waals surface area contributed by atoms with Crippen molar-refractivity contribution in [1.29, 1.82) is 0 Å². The molecule has 0 aliphatic heterocycles. The number of carboxylic acids is 1. The summed E-state index contributed by atoms with van der Waals surface area (Å²) in [4.78, 5) is 33.3. The van der Waals surface area contributed by atoms with Crippen molar-refractivity contribution in [2.24, 2.45) is 11.8 Å². The Morgan fingerprint density at radius 2 is 1.76 bits per heavy atom. The first-order valence-corrected chi connectivity index (χ1v) is 6.44. The number of hydrogen-bond acceptors (Lipinski definition) is 4. The van der Waals surface area contributed by atoms with Gasteiger partial charge in [-0.2, -0.15) is 0 Å². The number of nitrogens with one attached hydrogen (secondary N) is 1. The predicted molar refractivity (Wildman–Crippen MR) is 77.2 cm³/mol. The average Bonchev–Trinajstić information content (AvgIpc) is 2.39. The number of amides is 1. The van der Waals surface area contributed by atoms with Gasteiger partial charge >= 0.3 is 5.97 Å². The molecule has 2 unspecified atom stereocenters. The van der Waals surface area contributed by atoms with Crippen LogP contribution in [0.25, 0.3) is 0 Å². The molecule has 0 bridgehead atoms. The lowest BCUT2D eigenvalue weighted by Crippen LogP contribution is -2.30. The number of carbonyl (C=O) groups is 2. The topological polar surface area (TPSA) is 110 Å². The molecule has 0 radical (unpaired) electrons. The molecule has 0 spiro atoms. The van der Waals surface area contributed by atoms with Crippen molar-refractivity contribution in [3.63, 3.8) is 0 Å². The Balaban J connectivity index is 3.03. The third-order valence-corrected chi connectivity index (χ3v) is 3.55. The van der Waals surface area contributed by atoms with Gasteiger partial charge in [0.25, 0.3) is 5.69 Å². The third-order valence-electron chi connectivity index (χ3n) is 3.55. The van der Waals surface area contributed by atoms with Crippen LogP contribution in [-0.2, 0) is 9.59 Å². The highest BCUT2D eigenvalue weighted by Crippen LogP contribution is 2.27. The summed E-state index contributed by atoms with van der Waals surface area (Å²) < 4.78 is 0. The highest BCUT2D eigenvalue weighted by atomic mass is 16.6. The lowest BCUT2D eigenvalue weighted by atomic mass is 9.95. The molecule has 7 heteroatoms. The first kappa shape index (κ1) is 16.6. The zero-order chi connectivity index (χ0) is 16.3. The molecule has 2 N–H and O–H groups in total. The summed E-state index contributed by atoms with van der Waals surface area (Å²) in [5.74, 6) is -3.14. The number of benzene rings is 1. The Bertz CT molecular complexity index is 597. The molecule has 0 fully saturated rings. The Morgan fingerprint density at radius 1 is 1.19 bits per heavy atom. The van der Waals surface area contributed by atoms with Crippen molar-refractivity contribution in [2.75, 3.05) is 5.32 Å². The van der Waals surface area contributed by atoms with Crippen LogP contribution in [0.1, 0.15) is 25.0 Å². The minimum Gasteiger partial charge on any atom is -0.481 e. The minimum absolute atomic E-state index is 0.0881. The van der Waals surface area contributed by atoms with Crippen LogP contribution in [0.4, 0.5) is 11.4 Å². The van der Waals surface area contributed by atoms with Crippen molar-refractivity contribution in [1.82, 2.24) is 0 Å². The Kier molecular flexibility index (Phi) is 5.02. The van der Waals surface area contributed by atoms with Crippen LogP contribution in [0, 0.1) is 35.8 Å². The maximum atomic E-state index is 12.0. The molecule has 1 amide bonds. The van der Waals surface area contributed by atoms with Crippen LogP contribution in [0.3, 0.4) is 0 Å². The first-order valence-electron chi connectivity index (χ1n) is 6.44. The van der Waals surface area contributed by atoms with Crippen molar-refractivity contribution >= 4 is 23.3 Å². The first-order chi connectivity index (χ1) is 9.65. The van der Waals surface area contributed by atoms with Gasteiger partial charge in [-0.1, -0.05) is 13.8 Å². The zero-order valence-electron chi connectivity index (χ0n) is 12.3. The summed E-state index contributed by atoms with van der Waals surface area (Å²) in [7, 11) is 0. The van der Waals surface area contributed by atoms with E-state index in [1.165, 1.54) is 19.9 Å². The summed E-state index contributed by atoms with van der Waals surface area (Å²) in [6.45, 7) is 6.28. The second kappa shape index (κ2) is 6.34. The summed E-state index contributed by atoms with van der Waals surface area (Å²) >= 11 is 0. The maximum Gasteiger partial charge on any atom is 0.307 e. The molecule has 1 rings (SSSR count). The largest absolute Gasteiger partial charge is 0.481 e. The normalized spacial score (nSPS) is 13.3. The van der Waals surface area contributed by atoms with E-state index in [2.05, 4.69) is 5.32 Å². The van der Waals surface area contributed by atoms with Gasteiger partial charge in [0.1, 0.15) is 0 Å². The average molecular weight is 294 g/mol. The number of rotatable bonds is 5. The SMILES string of the molecule is Cc1cc(C)c([N+](=O)[O-])cc1NC(=O)C(C)C(C)C(=O)O. The number of carboxylic acid groups (broad SMARTS) is 1. The van der Waals surface area contributed by atoms with Gasteiger partial charge in [-0.15, -0.1) is 0 Å². The lowest BCUT2D eigenvalue weighted by molar-refractivity contribution is -0.385. The van der Waals surface area contributed by atoms with E-state index >= 15 is 0 Å². The van der Waals surface area contributed by atoms with Crippen LogP contribution in [0.5, 0.6) is 0 Å². The molecule has 0 saturated carbocycles. The van der Waals surface area contributed by atoms with Crippen LogP contribution >= 0.6 is 0 Å². The molecule has 0 heterocycles. The fourth-order valence-electron chi connectivity index (χ4n) is 1.86. The van der Waals surface area contributed by atoms with Crippen molar-refractivity contribution in [3.05, 3.63) is 33.4 Å². The fourth-order valence-corrected chi connectivity index (χ4v) is 1.86. The summed E-state index contributed by atoms with van der Waals surface area (Å²) in [6, 6.07) is 2.90. The molecule has 1 aromatic rings. The van der Waals surface area contributed by atoms with E-state index in [-0.39, 0.29) is 5.69 Å². The van der Waals surface area contributed by atoms with Gasteiger partial charge in [0.05, 0.1) is 16.5 Å². The Hall–Kier alpha value is -2.44. The second-order valence-corrected chi connectivity index (χ2v) is 5.12. The second-order valence-electron chi connectivity index (χ2n) is 5.12. The number of nitro groups is 1. The number of nitro benzene ring substituents is 1. The summed E-state index contributed by atoms with van der Waals surface area (Å²) in [5, 5.41) is 22.4. The molecule has 21 heavy (non-hydrogen) atoms. The molecule has 1 aromatic carbocycles. The molecule has 7 nitrogen and oxygen atoms in total. The van der Waals surface area contributed by atoms with Gasteiger partial charge in [0.2, 0.25) is 5.91 Å². The number of hydrogen-bond donors (Lipinski definition) is 2. The van der Waals surface area contributed by atoms with Crippen molar-refractivity contribution in [3.8, 4) is 0 Å². The molecule has 0 saturated heterocycles. The molecule has 0 aliphatic rings. The minimum atomic E-state index is -1.07.